The van der Waals surface area contributed by atoms with Crippen LogP contribution in [0.2, 0.25) is 0 Å². The van der Waals surface area contributed by atoms with E-state index in [-0.39, 0.29) is 5.60 Å². The van der Waals surface area contributed by atoms with Crippen molar-refractivity contribution < 1.29 is 4.74 Å². The third-order valence-electron chi connectivity index (χ3n) is 3.01. The lowest BCUT2D eigenvalue weighted by molar-refractivity contribution is 0.0314. The van der Waals surface area contributed by atoms with Gasteiger partial charge in [-0.15, -0.1) is 0 Å². The van der Waals surface area contributed by atoms with Gasteiger partial charge in [-0.25, -0.2) is 4.98 Å². The first kappa shape index (κ1) is 13.5. The van der Waals surface area contributed by atoms with Gasteiger partial charge in [0.15, 0.2) is 0 Å². The van der Waals surface area contributed by atoms with Gasteiger partial charge in [-0.3, -0.25) is 0 Å². The summed E-state index contributed by atoms with van der Waals surface area (Å²) in [6.45, 7) is 6.57. The molecule has 1 aromatic heterocycles. The molecule has 0 saturated carbocycles. The molecule has 2 heterocycles. The molecule has 100 valence electrons. The van der Waals surface area contributed by atoms with Crippen LogP contribution in [0.15, 0.2) is 10.7 Å². The molecule has 2 rings (SSSR count). The van der Waals surface area contributed by atoms with Crippen molar-refractivity contribution in [1.82, 2.24) is 9.97 Å². The second-order valence-corrected chi connectivity index (χ2v) is 5.53. The summed E-state index contributed by atoms with van der Waals surface area (Å²) in [5, 5.41) is 6.43. The van der Waals surface area contributed by atoms with E-state index in [2.05, 4.69) is 43.5 Å². The van der Waals surface area contributed by atoms with E-state index in [1.807, 2.05) is 6.92 Å². The number of aromatic nitrogens is 2. The Morgan fingerprint density at radius 2 is 2.33 bits per heavy atom. The first-order valence-corrected chi connectivity index (χ1v) is 7.06. The van der Waals surface area contributed by atoms with Crippen molar-refractivity contribution in [2.75, 3.05) is 30.3 Å². The van der Waals surface area contributed by atoms with Crippen molar-refractivity contribution in [3.63, 3.8) is 0 Å². The fourth-order valence-corrected chi connectivity index (χ4v) is 2.31. The number of nitrogens with one attached hydrogen (secondary N) is 2. The molecule has 2 N–H and O–H groups in total. The smallest absolute Gasteiger partial charge is 0.224 e. The van der Waals surface area contributed by atoms with Crippen molar-refractivity contribution >= 4 is 27.7 Å². The van der Waals surface area contributed by atoms with Crippen LogP contribution in [-0.2, 0) is 4.74 Å². The Labute approximate surface area is 116 Å². The maximum Gasteiger partial charge on any atom is 0.224 e. The van der Waals surface area contributed by atoms with Crippen molar-refractivity contribution in [3.8, 4) is 0 Å². The van der Waals surface area contributed by atoms with Gasteiger partial charge >= 0.3 is 0 Å². The van der Waals surface area contributed by atoms with Crippen LogP contribution in [0.3, 0.4) is 0 Å². The van der Waals surface area contributed by atoms with Crippen molar-refractivity contribution in [1.29, 1.82) is 0 Å². The van der Waals surface area contributed by atoms with Crippen LogP contribution in [-0.4, -0.2) is 35.3 Å². The molecule has 0 radical (unpaired) electrons. The molecule has 0 amide bonds. The number of nitrogens with zero attached hydrogens (tertiary/aromatic N) is 2. The Morgan fingerprint density at radius 1 is 1.50 bits per heavy atom. The van der Waals surface area contributed by atoms with E-state index in [1.54, 1.807) is 6.20 Å². The molecule has 18 heavy (non-hydrogen) atoms. The Hall–Kier alpha value is -0.880. The molecule has 1 aliphatic heterocycles. The summed E-state index contributed by atoms with van der Waals surface area (Å²) in [6, 6.07) is 0. The Kier molecular flexibility index (Phi) is 4.40. The van der Waals surface area contributed by atoms with E-state index in [0.717, 1.165) is 42.8 Å². The molecule has 1 aromatic rings. The molecule has 0 spiro atoms. The summed E-state index contributed by atoms with van der Waals surface area (Å²) in [4.78, 5) is 8.60. The first-order valence-electron chi connectivity index (χ1n) is 6.27. The molecule has 1 aliphatic rings. The third-order valence-corrected chi connectivity index (χ3v) is 3.59. The summed E-state index contributed by atoms with van der Waals surface area (Å²) < 4.78 is 6.61. The average Bonchev–Trinajstić information content (AvgIpc) is 2.78. The third kappa shape index (κ3) is 3.32. The zero-order valence-electron chi connectivity index (χ0n) is 10.8. The summed E-state index contributed by atoms with van der Waals surface area (Å²) >= 11 is 3.45. The lowest BCUT2D eigenvalue weighted by Crippen LogP contribution is -2.32. The summed E-state index contributed by atoms with van der Waals surface area (Å²) in [7, 11) is 0. The standard InChI is InChI=1S/C12H19BrN4O/c1-3-14-11-15-7-9(13)10(17-11)16-8-12(2)5-4-6-18-12/h7H,3-6,8H2,1-2H3,(H2,14,15,16,17). The predicted octanol–water partition coefficient (Wildman–Crippen LogP) is 2.65. The first-order chi connectivity index (χ1) is 8.63. The van der Waals surface area contributed by atoms with Crippen LogP contribution in [0.25, 0.3) is 0 Å². The molecular formula is C12H19BrN4O. The van der Waals surface area contributed by atoms with E-state index in [4.69, 9.17) is 4.74 Å². The monoisotopic (exact) mass is 314 g/mol. The summed E-state index contributed by atoms with van der Waals surface area (Å²) in [5.74, 6) is 1.44. The van der Waals surface area contributed by atoms with Gasteiger partial charge in [-0.2, -0.15) is 4.98 Å². The molecule has 0 aromatic carbocycles. The van der Waals surface area contributed by atoms with Gasteiger partial charge in [0.05, 0.1) is 10.1 Å². The van der Waals surface area contributed by atoms with Crippen LogP contribution in [0.1, 0.15) is 26.7 Å². The van der Waals surface area contributed by atoms with E-state index >= 15 is 0 Å². The van der Waals surface area contributed by atoms with Gasteiger partial charge in [-0.05, 0) is 42.6 Å². The van der Waals surface area contributed by atoms with Gasteiger partial charge in [-0.1, -0.05) is 0 Å². The fraction of sp³-hybridized carbons (Fsp3) is 0.667. The Morgan fingerprint density at radius 3 is 3.00 bits per heavy atom. The number of rotatable bonds is 5. The zero-order chi connectivity index (χ0) is 13.0. The Balaban J connectivity index is 2.01. The highest BCUT2D eigenvalue weighted by atomic mass is 79.9. The molecule has 1 saturated heterocycles. The highest BCUT2D eigenvalue weighted by Crippen LogP contribution is 2.27. The van der Waals surface area contributed by atoms with Crippen molar-refractivity contribution in [2.45, 2.75) is 32.3 Å². The van der Waals surface area contributed by atoms with Crippen LogP contribution in [0.5, 0.6) is 0 Å². The maximum absolute atomic E-state index is 5.74. The second kappa shape index (κ2) is 5.84. The van der Waals surface area contributed by atoms with Crippen LogP contribution < -0.4 is 10.6 Å². The lowest BCUT2D eigenvalue weighted by Gasteiger charge is -2.24. The minimum Gasteiger partial charge on any atom is -0.373 e. The molecular weight excluding hydrogens is 296 g/mol. The predicted molar refractivity (Wildman–Crippen MR) is 76.0 cm³/mol. The number of hydrogen-bond donors (Lipinski definition) is 2. The Bertz CT molecular complexity index is 407. The number of anilines is 2. The average molecular weight is 315 g/mol. The molecule has 5 nitrogen and oxygen atoms in total. The normalized spacial score (nSPS) is 23.1. The van der Waals surface area contributed by atoms with E-state index in [1.165, 1.54) is 0 Å². The van der Waals surface area contributed by atoms with Gasteiger partial charge in [0.25, 0.3) is 0 Å². The minimum atomic E-state index is -0.0806. The van der Waals surface area contributed by atoms with E-state index < -0.39 is 0 Å². The highest BCUT2D eigenvalue weighted by Gasteiger charge is 2.29. The highest BCUT2D eigenvalue weighted by molar-refractivity contribution is 9.10. The van der Waals surface area contributed by atoms with Crippen LogP contribution >= 0.6 is 15.9 Å². The fourth-order valence-electron chi connectivity index (χ4n) is 1.98. The lowest BCUT2D eigenvalue weighted by atomic mass is 10.0. The number of halogens is 1. The molecule has 0 aliphatic carbocycles. The summed E-state index contributed by atoms with van der Waals surface area (Å²) in [5.41, 5.74) is -0.0806. The van der Waals surface area contributed by atoms with Gasteiger partial charge < -0.3 is 15.4 Å². The van der Waals surface area contributed by atoms with Crippen molar-refractivity contribution in [2.24, 2.45) is 0 Å². The summed E-state index contributed by atoms with van der Waals surface area (Å²) in [6.07, 6.45) is 3.97. The number of hydrogen-bond acceptors (Lipinski definition) is 5. The van der Waals surface area contributed by atoms with Crippen molar-refractivity contribution in [3.05, 3.63) is 10.7 Å². The van der Waals surface area contributed by atoms with E-state index in [9.17, 15) is 0 Å². The van der Waals surface area contributed by atoms with Crippen LogP contribution in [0, 0.1) is 0 Å². The van der Waals surface area contributed by atoms with Gasteiger partial charge in [0.2, 0.25) is 5.95 Å². The van der Waals surface area contributed by atoms with E-state index in [0.29, 0.717) is 5.95 Å². The zero-order valence-corrected chi connectivity index (χ0v) is 12.4. The molecule has 1 atom stereocenters. The minimum absolute atomic E-state index is 0.0806. The molecule has 6 heteroatoms. The molecule has 1 fully saturated rings. The molecule has 0 bridgehead atoms. The maximum atomic E-state index is 5.74. The van der Waals surface area contributed by atoms with Gasteiger partial charge in [0, 0.05) is 25.9 Å². The quantitative estimate of drug-likeness (QED) is 0.875. The largest absolute Gasteiger partial charge is 0.373 e. The number of ether oxygens (including phenoxy) is 1. The topological polar surface area (TPSA) is 59.1 Å². The molecule has 1 unspecified atom stereocenters. The van der Waals surface area contributed by atoms with Crippen LogP contribution in [0.4, 0.5) is 11.8 Å². The van der Waals surface area contributed by atoms with Gasteiger partial charge in [0.1, 0.15) is 5.82 Å². The SMILES string of the molecule is CCNc1ncc(Br)c(NCC2(C)CCCO2)n1. The second-order valence-electron chi connectivity index (χ2n) is 4.68.